The van der Waals surface area contributed by atoms with Gasteiger partial charge in [0.2, 0.25) is 15.9 Å². The first-order valence-corrected chi connectivity index (χ1v) is 16.0. The number of amides is 1. The smallest absolute Gasteiger partial charge is 0.298 e. The number of fused-ring (bicyclic) bond motifs is 2. The molecule has 1 amide bonds. The largest absolute Gasteiger partial charge is 0.493 e. The molecule has 2 bridgehead atoms. The van der Waals surface area contributed by atoms with Crippen LogP contribution in [0.1, 0.15) is 63.9 Å². The Bertz CT molecular complexity index is 1250. The number of hydrogen-bond donors (Lipinski definition) is 1. The zero-order valence-electron chi connectivity index (χ0n) is 22.0. The topological polar surface area (TPSA) is 75.7 Å². The summed E-state index contributed by atoms with van der Waals surface area (Å²) in [5.41, 5.74) is -0.430. The Morgan fingerprint density at radius 3 is 2.21 bits per heavy atom. The molecule has 2 saturated heterocycles. The molecular weight excluding hydrogens is 590 g/mol. The lowest BCUT2D eigenvalue weighted by Crippen LogP contribution is -2.59. The van der Waals surface area contributed by atoms with Crippen molar-refractivity contribution in [1.29, 1.82) is 0 Å². The van der Waals surface area contributed by atoms with Crippen molar-refractivity contribution in [2.45, 2.75) is 87.2 Å². The highest BCUT2D eigenvalue weighted by atomic mass is 79.9. The molecule has 212 valence electrons. The summed E-state index contributed by atoms with van der Waals surface area (Å²) in [5.74, 6) is -3.24. The Balaban J connectivity index is 1.40. The quantitative estimate of drug-likeness (QED) is 0.358. The Morgan fingerprint density at radius 2 is 1.62 bits per heavy atom. The summed E-state index contributed by atoms with van der Waals surface area (Å²) < 4.78 is 67.5. The van der Waals surface area contributed by atoms with Gasteiger partial charge in [-0.25, -0.2) is 8.42 Å². The second-order valence-corrected chi connectivity index (χ2v) is 14.0. The third-order valence-corrected chi connectivity index (χ3v) is 10.4. The average Bonchev–Trinajstić information content (AvgIpc) is 3.52. The summed E-state index contributed by atoms with van der Waals surface area (Å²) in [5, 5.41) is 0. The number of nitrogens with zero attached hydrogens (tertiary/aromatic N) is 1. The second-order valence-electron chi connectivity index (χ2n) is 11.3. The van der Waals surface area contributed by atoms with Crippen molar-refractivity contribution in [1.82, 2.24) is 9.62 Å². The van der Waals surface area contributed by atoms with Crippen LogP contribution in [0.5, 0.6) is 5.75 Å². The minimum Gasteiger partial charge on any atom is -0.493 e. The van der Waals surface area contributed by atoms with Crippen LogP contribution in [0.3, 0.4) is 0 Å². The van der Waals surface area contributed by atoms with Crippen LogP contribution in [0, 0.1) is 11.8 Å². The number of hydrogen-bond acceptors (Lipinski definition) is 4. The van der Waals surface area contributed by atoms with Gasteiger partial charge < -0.3 is 9.64 Å². The summed E-state index contributed by atoms with van der Waals surface area (Å²) >= 11 is 3.24. The lowest BCUT2D eigenvalue weighted by Gasteiger charge is -2.41. The van der Waals surface area contributed by atoms with Crippen LogP contribution >= 0.6 is 15.9 Å². The van der Waals surface area contributed by atoms with E-state index in [1.54, 1.807) is 0 Å². The maximum Gasteiger partial charge on any atom is 0.298 e. The van der Waals surface area contributed by atoms with E-state index in [1.165, 1.54) is 66.3 Å². The van der Waals surface area contributed by atoms with E-state index in [0.717, 1.165) is 38.5 Å². The number of carbonyl (C=O) groups excluding carboxylic acids is 1. The maximum atomic E-state index is 16.1. The van der Waals surface area contributed by atoms with Crippen LogP contribution in [0.4, 0.5) is 8.78 Å². The fraction of sp³-hybridized carbons (Fsp3) is 0.552. The van der Waals surface area contributed by atoms with Gasteiger partial charge in [-0.1, -0.05) is 47.8 Å². The standard InChI is InChI=1S/C29H35BrF2N2O4S/c1-19-16-23-10-11-24(17-19)34(23)28(35)27(29(31,32)21-6-8-22(30)9-7-21)33-39(36,37)26-14-12-25(13-15-26)38-18-20-4-2-3-5-20/h6-9,12-15,19-20,23-24,27,33H,2-5,10-11,16-18H2,1H3. The number of rotatable bonds is 9. The van der Waals surface area contributed by atoms with E-state index in [0.29, 0.717) is 28.7 Å². The first-order chi connectivity index (χ1) is 18.5. The molecule has 3 atom stereocenters. The fourth-order valence-corrected chi connectivity index (χ4v) is 7.86. The average molecular weight is 626 g/mol. The molecule has 1 saturated carbocycles. The molecule has 2 aromatic rings. The summed E-state index contributed by atoms with van der Waals surface area (Å²) in [4.78, 5) is 15.1. The molecule has 2 heterocycles. The van der Waals surface area contributed by atoms with Crippen molar-refractivity contribution in [2.24, 2.45) is 11.8 Å². The second kappa shape index (κ2) is 11.4. The number of sulfonamides is 1. The zero-order chi connectivity index (χ0) is 27.8. The van der Waals surface area contributed by atoms with Crippen molar-refractivity contribution in [3.63, 3.8) is 0 Å². The van der Waals surface area contributed by atoms with Crippen LogP contribution in [-0.2, 0) is 20.7 Å². The van der Waals surface area contributed by atoms with Crippen LogP contribution in [0.25, 0.3) is 0 Å². The molecule has 5 rings (SSSR count). The molecule has 39 heavy (non-hydrogen) atoms. The molecule has 1 N–H and O–H groups in total. The van der Waals surface area contributed by atoms with Gasteiger partial charge in [0.25, 0.3) is 5.92 Å². The first-order valence-electron chi connectivity index (χ1n) is 13.8. The van der Waals surface area contributed by atoms with E-state index in [2.05, 4.69) is 27.6 Å². The van der Waals surface area contributed by atoms with E-state index < -0.39 is 33.5 Å². The summed E-state index contributed by atoms with van der Waals surface area (Å²) in [7, 11) is -4.46. The molecule has 10 heteroatoms. The molecular formula is C29H35BrF2N2O4S. The highest BCUT2D eigenvalue weighted by Gasteiger charge is 2.53. The SMILES string of the molecule is CC1CC2CCC(C1)N2C(=O)C(NS(=O)(=O)c1ccc(OCC2CCCC2)cc1)C(F)(F)c1ccc(Br)cc1. The van der Waals surface area contributed by atoms with E-state index >= 15 is 8.78 Å². The lowest BCUT2D eigenvalue weighted by atomic mass is 9.91. The Labute approximate surface area is 237 Å². The summed E-state index contributed by atoms with van der Waals surface area (Å²) in [6, 6.07) is 8.45. The molecule has 0 spiro atoms. The van der Waals surface area contributed by atoms with E-state index in [-0.39, 0.29) is 17.0 Å². The van der Waals surface area contributed by atoms with Crippen LogP contribution in [0.2, 0.25) is 0 Å². The highest BCUT2D eigenvalue weighted by molar-refractivity contribution is 9.10. The Morgan fingerprint density at radius 1 is 1.03 bits per heavy atom. The number of ether oxygens (including phenoxy) is 1. The van der Waals surface area contributed by atoms with E-state index in [1.807, 2.05) is 0 Å². The predicted octanol–water partition coefficient (Wildman–Crippen LogP) is 6.25. The third kappa shape index (κ3) is 6.17. The number of piperidine rings is 1. The van der Waals surface area contributed by atoms with Crippen LogP contribution < -0.4 is 9.46 Å². The van der Waals surface area contributed by atoms with Crippen molar-refractivity contribution in [2.75, 3.05) is 6.61 Å². The monoisotopic (exact) mass is 624 g/mol. The van der Waals surface area contributed by atoms with Gasteiger partial charge in [0, 0.05) is 22.1 Å². The van der Waals surface area contributed by atoms with Crippen molar-refractivity contribution in [3.8, 4) is 5.75 Å². The number of alkyl halides is 2. The molecule has 0 radical (unpaired) electrons. The molecule has 2 aliphatic heterocycles. The predicted molar refractivity (Wildman–Crippen MR) is 148 cm³/mol. The molecule has 1 aliphatic carbocycles. The number of carbonyl (C=O) groups is 1. The highest BCUT2D eigenvalue weighted by Crippen LogP contribution is 2.42. The summed E-state index contributed by atoms with van der Waals surface area (Å²) in [6.45, 7) is 2.67. The normalized spacial score (nSPS) is 24.6. The van der Waals surface area contributed by atoms with Crippen LogP contribution in [0.15, 0.2) is 57.9 Å². The van der Waals surface area contributed by atoms with Gasteiger partial charge in [-0.3, -0.25) is 4.79 Å². The summed E-state index contributed by atoms with van der Waals surface area (Å²) in [6.07, 6.45) is 7.58. The molecule has 6 nitrogen and oxygen atoms in total. The van der Waals surface area contributed by atoms with Crippen molar-refractivity contribution < 1.29 is 26.7 Å². The zero-order valence-corrected chi connectivity index (χ0v) is 24.4. The fourth-order valence-electron chi connectivity index (χ4n) is 6.41. The third-order valence-electron chi connectivity index (χ3n) is 8.43. The maximum absolute atomic E-state index is 16.1. The van der Waals surface area contributed by atoms with Crippen LogP contribution in [-0.4, -0.2) is 44.0 Å². The number of nitrogens with one attached hydrogen (secondary N) is 1. The lowest BCUT2D eigenvalue weighted by molar-refractivity contribution is -0.149. The van der Waals surface area contributed by atoms with E-state index in [9.17, 15) is 13.2 Å². The Hall–Kier alpha value is -2.04. The van der Waals surface area contributed by atoms with Crippen molar-refractivity contribution in [3.05, 3.63) is 58.6 Å². The Kier molecular flexibility index (Phi) is 8.36. The van der Waals surface area contributed by atoms with Gasteiger partial charge in [-0.2, -0.15) is 13.5 Å². The van der Waals surface area contributed by atoms with Gasteiger partial charge in [0.05, 0.1) is 11.5 Å². The molecule has 3 unspecified atom stereocenters. The van der Waals surface area contributed by atoms with E-state index in [4.69, 9.17) is 4.74 Å². The van der Waals surface area contributed by atoms with Gasteiger partial charge >= 0.3 is 0 Å². The van der Waals surface area contributed by atoms with Gasteiger partial charge in [0.1, 0.15) is 5.75 Å². The van der Waals surface area contributed by atoms with Crippen molar-refractivity contribution >= 4 is 31.9 Å². The molecule has 3 fully saturated rings. The number of halogens is 3. The minimum absolute atomic E-state index is 0.157. The first kappa shape index (κ1) is 28.5. The molecule has 0 aromatic heterocycles. The van der Waals surface area contributed by atoms with Gasteiger partial charge in [0.15, 0.2) is 6.04 Å². The van der Waals surface area contributed by atoms with Gasteiger partial charge in [-0.05, 0) is 86.8 Å². The number of benzene rings is 2. The minimum atomic E-state index is -4.46. The molecule has 3 aliphatic rings. The molecule has 2 aromatic carbocycles. The van der Waals surface area contributed by atoms with Gasteiger partial charge in [-0.15, -0.1) is 0 Å².